The quantitative estimate of drug-likeness (QED) is 0.776. The summed E-state index contributed by atoms with van der Waals surface area (Å²) in [6.45, 7) is 0.256. The fraction of sp³-hybridized carbons (Fsp3) is 0.182. The van der Waals surface area contributed by atoms with E-state index in [0.717, 1.165) is 10.2 Å². The van der Waals surface area contributed by atoms with Gasteiger partial charge in [-0.1, -0.05) is 18.2 Å². The third kappa shape index (κ3) is 2.01. The largest absolute Gasteiger partial charge is 0.437 e. The first-order valence-corrected chi connectivity index (χ1v) is 4.81. The minimum absolute atomic E-state index is 0.237. The summed E-state index contributed by atoms with van der Waals surface area (Å²) in [6, 6.07) is 11.1. The first kappa shape index (κ1) is 10.2. The van der Waals surface area contributed by atoms with Gasteiger partial charge in [-0.3, -0.25) is 0 Å². The molecule has 0 unspecified atom stereocenters. The SMILES string of the molecule is N#CCCn1nc(-c2ccccc2)oc1=O. The molecule has 0 saturated heterocycles. The van der Waals surface area contributed by atoms with Gasteiger partial charge >= 0.3 is 5.76 Å². The van der Waals surface area contributed by atoms with Crippen molar-refractivity contribution < 1.29 is 4.42 Å². The van der Waals surface area contributed by atoms with Crippen LogP contribution in [0.3, 0.4) is 0 Å². The zero-order chi connectivity index (χ0) is 11.4. The van der Waals surface area contributed by atoms with Crippen LogP contribution in [0.5, 0.6) is 0 Å². The van der Waals surface area contributed by atoms with E-state index in [1.54, 1.807) is 12.1 Å². The molecule has 1 aromatic carbocycles. The van der Waals surface area contributed by atoms with Crippen molar-refractivity contribution in [2.45, 2.75) is 13.0 Å². The first-order valence-electron chi connectivity index (χ1n) is 4.81. The van der Waals surface area contributed by atoms with Gasteiger partial charge in [-0.25, -0.2) is 4.79 Å². The molecular formula is C11H9N3O2. The van der Waals surface area contributed by atoms with Crippen molar-refractivity contribution >= 4 is 0 Å². The van der Waals surface area contributed by atoms with E-state index in [2.05, 4.69) is 5.10 Å². The van der Waals surface area contributed by atoms with Crippen molar-refractivity contribution in [1.29, 1.82) is 5.26 Å². The Morgan fingerprint density at radius 1 is 1.38 bits per heavy atom. The van der Waals surface area contributed by atoms with Gasteiger partial charge in [0.15, 0.2) is 0 Å². The Labute approximate surface area is 91.5 Å². The number of hydrogen-bond donors (Lipinski definition) is 0. The molecule has 0 aliphatic rings. The van der Waals surface area contributed by atoms with E-state index >= 15 is 0 Å². The number of nitriles is 1. The van der Waals surface area contributed by atoms with Gasteiger partial charge in [0.1, 0.15) is 0 Å². The average molecular weight is 215 g/mol. The summed E-state index contributed by atoms with van der Waals surface area (Å²) in [6.07, 6.45) is 0.237. The molecule has 80 valence electrons. The Kier molecular flexibility index (Phi) is 2.83. The minimum Gasteiger partial charge on any atom is -0.388 e. The van der Waals surface area contributed by atoms with Crippen LogP contribution in [0.1, 0.15) is 6.42 Å². The Balaban J connectivity index is 2.32. The van der Waals surface area contributed by atoms with Crippen LogP contribution in [0.4, 0.5) is 0 Å². The normalized spacial score (nSPS) is 9.94. The molecule has 2 rings (SSSR count). The van der Waals surface area contributed by atoms with Crippen LogP contribution < -0.4 is 5.76 Å². The molecule has 5 heteroatoms. The number of aromatic nitrogens is 2. The summed E-state index contributed by atoms with van der Waals surface area (Å²) in [5.74, 6) is -0.252. The summed E-state index contributed by atoms with van der Waals surface area (Å²) >= 11 is 0. The molecule has 0 spiro atoms. The fourth-order valence-electron chi connectivity index (χ4n) is 1.30. The number of aryl methyl sites for hydroxylation is 1. The zero-order valence-electron chi connectivity index (χ0n) is 8.46. The van der Waals surface area contributed by atoms with Gasteiger partial charge in [0, 0.05) is 5.56 Å². The van der Waals surface area contributed by atoms with Crippen molar-refractivity contribution in [1.82, 2.24) is 9.78 Å². The molecule has 0 radical (unpaired) electrons. The first-order chi connectivity index (χ1) is 7.81. The van der Waals surface area contributed by atoms with Crippen LogP contribution >= 0.6 is 0 Å². The van der Waals surface area contributed by atoms with Gasteiger partial charge in [0.25, 0.3) is 0 Å². The molecular weight excluding hydrogens is 206 g/mol. The second-order valence-corrected chi connectivity index (χ2v) is 3.17. The fourth-order valence-corrected chi connectivity index (χ4v) is 1.30. The van der Waals surface area contributed by atoms with Crippen LogP contribution in [0.15, 0.2) is 39.5 Å². The third-order valence-corrected chi connectivity index (χ3v) is 2.06. The van der Waals surface area contributed by atoms with Gasteiger partial charge in [-0.15, -0.1) is 5.10 Å². The molecule has 2 aromatic rings. The molecule has 5 nitrogen and oxygen atoms in total. The maximum atomic E-state index is 11.3. The van der Waals surface area contributed by atoms with Gasteiger partial charge in [-0.2, -0.15) is 9.94 Å². The predicted octanol–water partition coefficient (Wildman–Crippen LogP) is 1.42. The number of benzene rings is 1. The molecule has 1 aromatic heterocycles. The van der Waals surface area contributed by atoms with E-state index in [9.17, 15) is 4.79 Å². The summed E-state index contributed by atoms with van der Waals surface area (Å²) in [5.41, 5.74) is 0.746. The zero-order valence-corrected chi connectivity index (χ0v) is 8.46. The van der Waals surface area contributed by atoms with E-state index in [1.165, 1.54) is 0 Å². The molecule has 0 atom stereocenters. The minimum atomic E-state index is -0.533. The van der Waals surface area contributed by atoms with E-state index in [1.807, 2.05) is 24.3 Å². The highest BCUT2D eigenvalue weighted by atomic mass is 16.4. The lowest BCUT2D eigenvalue weighted by molar-refractivity contribution is 0.484. The number of rotatable bonds is 3. The maximum absolute atomic E-state index is 11.3. The lowest BCUT2D eigenvalue weighted by Gasteiger charge is -1.92. The Bertz CT molecular complexity index is 563. The molecule has 0 saturated carbocycles. The van der Waals surface area contributed by atoms with Gasteiger partial charge in [-0.05, 0) is 12.1 Å². The topological polar surface area (TPSA) is 71.8 Å². The van der Waals surface area contributed by atoms with Crippen molar-refractivity contribution in [3.8, 4) is 17.5 Å². The van der Waals surface area contributed by atoms with E-state index in [0.29, 0.717) is 0 Å². The second-order valence-electron chi connectivity index (χ2n) is 3.17. The van der Waals surface area contributed by atoms with Crippen molar-refractivity contribution in [3.05, 3.63) is 40.9 Å². The molecule has 0 aliphatic carbocycles. The number of hydrogen-bond acceptors (Lipinski definition) is 4. The Morgan fingerprint density at radius 2 is 2.12 bits per heavy atom. The van der Waals surface area contributed by atoms with Crippen LogP contribution in [0.2, 0.25) is 0 Å². The highest BCUT2D eigenvalue weighted by Gasteiger charge is 2.08. The monoisotopic (exact) mass is 215 g/mol. The molecule has 0 N–H and O–H groups in total. The third-order valence-electron chi connectivity index (χ3n) is 2.06. The molecule has 0 amide bonds. The maximum Gasteiger partial charge on any atom is 0.437 e. The predicted molar refractivity (Wildman–Crippen MR) is 56.4 cm³/mol. The molecule has 1 heterocycles. The van der Waals surface area contributed by atoms with Crippen molar-refractivity contribution in [2.24, 2.45) is 0 Å². The van der Waals surface area contributed by atoms with Crippen LogP contribution in [-0.4, -0.2) is 9.78 Å². The second kappa shape index (κ2) is 4.45. The summed E-state index contributed by atoms with van der Waals surface area (Å²) in [5, 5.41) is 12.4. The standard InChI is InChI=1S/C11H9N3O2/c12-7-4-8-14-11(15)16-10(13-14)9-5-2-1-3-6-9/h1-3,5-6H,4,8H2. The van der Waals surface area contributed by atoms with E-state index in [-0.39, 0.29) is 18.9 Å². The average Bonchev–Trinajstić information content (AvgIpc) is 2.69. The molecule has 16 heavy (non-hydrogen) atoms. The van der Waals surface area contributed by atoms with Crippen LogP contribution in [-0.2, 0) is 6.54 Å². The number of nitrogens with zero attached hydrogens (tertiary/aromatic N) is 3. The van der Waals surface area contributed by atoms with E-state index in [4.69, 9.17) is 9.68 Å². The van der Waals surface area contributed by atoms with E-state index < -0.39 is 5.76 Å². The summed E-state index contributed by atoms with van der Waals surface area (Å²) in [4.78, 5) is 11.3. The molecule has 0 bridgehead atoms. The van der Waals surface area contributed by atoms with Crippen molar-refractivity contribution in [3.63, 3.8) is 0 Å². The van der Waals surface area contributed by atoms with Crippen LogP contribution in [0.25, 0.3) is 11.5 Å². The molecule has 0 aliphatic heterocycles. The summed E-state index contributed by atoms with van der Waals surface area (Å²) in [7, 11) is 0. The highest BCUT2D eigenvalue weighted by Crippen LogP contribution is 2.13. The van der Waals surface area contributed by atoms with Gasteiger partial charge in [0.05, 0.1) is 19.0 Å². The Hall–Kier alpha value is -2.35. The van der Waals surface area contributed by atoms with Crippen LogP contribution in [0, 0.1) is 11.3 Å². The smallest absolute Gasteiger partial charge is 0.388 e. The van der Waals surface area contributed by atoms with Gasteiger partial charge in [0.2, 0.25) is 5.89 Å². The lowest BCUT2D eigenvalue weighted by atomic mass is 10.2. The summed E-state index contributed by atoms with van der Waals surface area (Å²) < 4.78 is 6.14. The lowest BCUT2D eigenvalue weighted by Crippen LogP contribution is -2.15. The highest BCUT2D eigenvalue weighted by molar-refractivity contribution is 5.51. The molecule has 0 fully saturated rings. The Morgan fingerprint density at radius 3 is 2.81 bits per heavy atom. The van der Waals surface area contributed by atoms with Gasteiger partial charge < -0.3 is 4.42 Å². The van der Waals surface area contributed by atoms with Crippen molar-refractivity contribution in [2.75, 3.05) is 0 Å².